The molecule has 4 amide bonds. The number of hydrogen-bond acceptors (Lipinski definition) is 12. The monoisotopic (exact) mass is 874 g/mol. The van der Waals surface area contributed by atoms with E-state index in [0.717, 1.165) is 32.7 Å². The molecule has 20 heteroatoms. The van der Waals surface area contributed by atoms with Crippen LogP contribution in [0.4, 0.5) is 11.9 Å². The Hall–Kier alpha value is -7.32. The number of aromatic nitrogens is 8. The van der Waals surface area contributed by atoms with Gasteiger partial charge in [0.25, 0.3) is 11.8 Å². The van der Waals surface area contributed by atoms with Gasteiger partial charge in [-0.05, 0) is 71.1 Å². The van der Waals surface area contributed by atoms with E-state index < -0.39 is 23.6 Å². The fraction of sp³-hybridized carbons (Fsp3) is 0.364. The number of nitrogens with one attached hydrogen (secondary N) is 2. The van der Waals surface area contributed by atoms with Crippen LogP contribution in [0.1, 0.15) is 66.9 Å². The molecule has 0 atom stereocenters. The number of likely N-dealkylation sites (N-methyl/N-ethyl adjacent to an activating group) is 1. The summed E-state index contributed by atoms with van der Waals surface area (Å²) in [6.07, 6.45) is 7.70. The van der Waals surface area contributed by atoms with Crippen LogP contribution in [0.3, 0.4) is 0 Å². The molecule has 1 aliphatic heterocycles. The number of hydrogen-bond donors (Lipinski definition) is 4. The van der Waals surface area contributed by atoms with Crippen LogP contribution < -0.4 is 31.6 Å². The van der Waals surface area contributed by atoms with E-state index in [0.29, 0.717) is 69.4 Å². The van der Waals surface area contributed by atoms with Gasteiger partial charge in [0.15, 0.2) is 0 Å². The normalized spacial score (nSPS) is 13.7. The van der Waals surface area contributed by atoms with Crippen LogP contribution in [0.25, 0.3) is 22.1 Å². The Morgan fingerprint density at radius 2 is 1.14 bits per heavy atom. The number of carbonyl (C=O) groups is 4. The summed E-state index contributed by atoms with van der Waals surface area (Å²) < 4.78 is 18.8. The van der Waals surface area contributed by atoms with E-state index in [1.165, 1.54) is 13.2 Å². The molecule has 0 radical (unpaired) electrons. The molecule has 0 spiro atoms. The second-order valence-electron chi connectivity index (χ2n) is 15.4. The van der Waals surface area contributed by atoms with E-state index in [1.807, 2.05) is 39.0 Å². The average molecular weight is 875 g/mol. The third-order valence-electron chi connectivity index (χ3n) is 10.9. The van der Waals surface area contributed by atoms with Gasteiger partial charge in [0, 0.05) is 70.0 Å². The molecule has 4 aromatic heterocycles. The quantitative estimate of drug-likeness (QED) is 0.0907. The molecule has 0 saturated carbocycles. The van der Waals surface area contributed by atoms with Crippen molar-refractivity contribution in [3.8, 4) is 11.5 Å². The Morgan fingerprint density at radius 3 is 1.61 bits per heavy atom. The first-order valence-corrected chi connectivity index (χ1v) is 21.1. The molecule has 6 aromatic rings. The summed E-state index contributed by atoms with van der Waals surface area (Å²) in [5, 5.41) is 14.7. The number of rotatable bonds is 18. The highest BCUT2D eigenvalue weighted by Gasteiger charge is 2.24. The van der Waals surface area contributed by atoms with Crippen molar-refractivity contribution in [2.75, 3.05) is 64.1 Å². The molecule has 64 heavy (non-hydrogen) atoms. The second kappa shape index (κ2) is 19.4. The molecule has 2 aromatic carbocycles. The van der Waals surface area contributed by atoms with E-state index in [-0.39, 0.29) is 42.7 Å². The van der Waals surface area contributed by atoms with Crippen molar-refractivity contribution in [3.05, 3.63) is 94.6 Å². The van der Waals surface area contributed by atoms with Gasteiger partial charge >= 0.3 is 0 Å². The highest BCUT2D eigenvalue weighted by atomic mass is 16.5. The Labute approximate surface area is 369 Å². The number of piperazine rings is 1. The lowest BCUT2D eigenvalue weighted by Gasteiger charge is -2.31. The lowest BCUT2D eigenvalue weighted by Crippen LogP contribution is -2.44. The third-order valence-corrected chi connectivity index (χ3v) is 10.9. The molecular weight excluding hydrogens is 821 g/mol. The molecule has 5 heterocycles. The molecule has 336 valence electrons. The van der Waals surface area contributed by atoms with Crippen LogP contribution in [0.2, 0.25) is 0 Å². The number of aryl methyl sites for hydroxylation is 4. The van der Waals surface area contributed by atoms with Crippen LogP contribution >= 0.6 is 0 Å². The number of amides is 4. The van der Waals surface area contributed by atoms with E-state index in [1.54, 1.807) is 55.8 Å². The number of methoxy groups -OCH3 is 1. The molecule has 1 aliphatic rings. The molecule has 0 bridgehead atoms. The summed E-state index contributed by atoms with van der Waals surface area (Å²) in [4.78, 5) is 66.5. The maximum absolute atomic E-state index is 13.8. The van der Waals surface area contributed by atoms with Crippen LogP contribution in [0.15, 0.2) is 60.7 Å². The Balaban J connectivity index is 1.24. The maximum atomic E-state index is 13.8. The minimum absolute atomic E-state index is 0.163. The largest absolute Gasteiger partial charge is 0.494 e. The Bertz CT molecular complexity index is 2780. The van der Waals surface area contributed by atoms with Crippen molar-refractivity contribution in [1.82, 2.24) is 48.5 Å². The molecule has 0 unspecified atom stereocenters. The van der Waals surface area contributed by atoms with Crippen molar-refractivity contribution in [3.63, 3.8) is 0 Å². The van der Waals surface area contributed by atoms with Crippen LogP contribution in [0.5, 0.6) is 11.5 Å². The zero-order valence-electron chi connectivity index (χ0n) is 36.9. The molecule has 6 N–H and O–H groups in total. The van der Waals surface area contributed by atoms with Gasteiger partial charge in [-0.1, -0.05) is 24.3 Å². The predicted molar refractivity (Wildman–Crippen MR) is 242 cm³/mol. The van der Waals surface area contributed by atoms with Crippen LogP contribution in [-0.2, 0) is 26.2 Å². The minimum Gasteiger partial charge on any atom is -0.494 e. The van der Waals surface area contributed by atoms with E-state index in [2.05, 4.69) is 43.8 Å². The number of anilines is 2. The van der Waals surface area contributed by atoms with Crippen molar-refractivity contribution in [1.29, 1.82) is 0 Å². The number of nitrogens with two attached hydrogens (primary N) is 2. The Morgan fingerprint density at radius 1 is 0.672 bits per heavy atom. The summed E-state index contributed by atoms with van der Waals surface area (Å²) in [6.45, 7) is 13.6. The van der Waals surface area contributed by atoms with Gasteiger partial charge < -0.3 is 35.0 Å². The summed E-state index contributed by atoms with van der Waals surface area (Å²) >= 11 is 0. The highest BCUT2D eigenvalue weighted by Crippen LogP contribution is 2.33. The van der Waals surface area contributed by atoms with Crippen molar-refractivity contribution >= 4 is 57.6 Å². The average Bonchev–Trinajstić information content (AvgIpc) is 4.04. The molecule has 1 fully saturated rings. The molecule has 1 saturated heterocycles. The Kier molecular flexibility index (Phi) is 13.5. The lowest BCUT2D eigenvalue weighted by molar-refractivity contribution is 0.0991. The zero-order valence-corrected chi connectivity index (χ0v) is 36.9. The van der Waals surface area contributed by atoms with Gasteiger partial charge in [-0.3, -0.25) is 44.1 Å². The second-order valence-corrected chi connectivity index (χ2v) is 15.4. The van der Waals surface area contributed by atoms with Gasteiger partial charge in [0.1, 0.15) is 40.5 Å². The SMILES string of the molecule is CCn1nc(C)cc1C(=O)Nc1nc2cc(C(N)=O)cc(OC)c2n1C/C=C/Cn1c(NC(=O)c2cc(C)nn2CC)nc2cc(C(N)=O)cc(OC/C=C/CN3CCN(C)CC3)c21. The summed E-state index contributed by atoms with van der Waals surface area (Å²) in [5.41, 5.74) is 15.6. The third kappa shape index (κ3) is 9.67. The number of fused-ring (bicyclic) bond motifs is 2. The number of imidazole rings is 2. The topological polar surface area (TPSA) is 241 Å². The van der Waals surface area contributed by atoms with Gasteiger partial charge in [0.2, 0.25) is 23.7 Å². The van der Waals surface area contributed by atoms with Gasteiger partial charge in [-0.2, -0.15) is 10.2 Å². The molecule has 0 aliphatic carbocycles. The molecular formula is C44H54N14O6. The number of allylic oxidation sites excluding steroid dienone is 2. The van der Waals surface area contributed by atoms with E-state index in [4.69, 9.17) is 30.9 Å². The number of ether oxygens (including phenoxy) is 2. The maximum Gasteiger partial charge on any atom is 0.276 e. The highest BCUT2D eigenvalue weighted by molar-refractivity contribution is 6.05. The van der Waals surface area contributed by atoms with Crippen molar-refractivity contribution in [2.45, 2.75) is 53.9 Å². The minimum atomic E-state index is -0.666. The fourth-order valence-electron chi connectivity index (χ4n) is 7.65. The summed E-state index contributed by atoms with van der Waals surface area (Å²) in [7, 11) is 3.59. The zero-order chi connectivity index (χ0) is 45.7. The molecule has 20 nitrogen and oxygen atoms in total. The summed E-state index contributed by atoms with van der Waals surface area (Å²) in [5.74, 6) is -1.16. The first kappa shape index (κ1) is 44.7. The molecule has 7 rings (SSSR count). The number of primary amides is 2. The van der Waals surface area contributed by atoms with E-state index >= 15 is 0 Å². The first-order valence-electron chi connectivity index (χ1n) is 21.1. The van der Waals surface area contributed by atoms with Gasteiger partial charge in [0.05, 0.1) is 29.5 Å². The smallest absolute Gasteiger partial charge is 0.276 e. The fourth-order valence-corrected chi connectivity index (χ4v) is 7.65. The number of benzene rings is 2. The van der Waals surface area contributed by atoms with Gasteiger partial charge in [-0.15, -0.1) is 0 Å². The first-order chi connectivity index (χ1) is 30.8. The van der Waals surface area contributed by atoms with E-state index in [9.17, 15) is 19.2 Å². The van der Waals surface area contributed by atoms with Crippen molar-refractivity contribution < 1.29 is 28.7 Å². The number of carbonyl (C=O) groups excluding carboxylic acids is 4. The van der Waals surface area contributed by atoms with Gasteiger partial charge in [-0.25, -0.2) is 9.97 Å². The van der Waals surface area contributed by atoms with Crippen LogP contribution in [-0.4, -0.2) is 126 Å². The predicted octanol–water partition coefficient (Wildman–Crippen LogP) is 3.59. The standard InChI is InChI=1S/C44H54N14O6/c1-7-57-33(21-27(3)51-57)41(61)49-43-47-31-23-29(39(45)59)25-35(63-6)37(31)55(43)14-9-10-15-56-38-32(48-44(56)50-42(62)34-22-28(4)52-58(34)8-2)24-30(40(46)60)26-36(38)64-20-12-11-13-54-18-16-53(5)17-19-54/h9-12,21-26H,7-8,13-20H2,1-6H3,(H2,45,59)(H2,46,60)(H,47,49,61)(H,48,50,62)/b10-9+,12-11+. The summed E-state index contributed by atoms with van der Waals surface area (Å²) in [6, 6.07) is 9.59. The van der Waals surface area contributed by atoms with Crippen molar-refractivity contribution in [2.24, 2.45) is 11.5 Å². The lowest BCUT2D eigenvalue weighted by atomic mass is 10.1. The van der Waals surface area contributed by atoms with Crippen LogP contribution in [0, 0.1) is 13.8 Å². The number of nitrogens with zero attached hydrogens (tertiary/aromatic N) is 10.